The number of hydrogen-bond donors (Lipinski definition) is 1. The van der Waals surface area contributed by atoms with Gasteiger partial charge < -0.3 is 9.47 Å². The summed E-state index contributed by atoms with van der Waals surface area (Å²) in [6.07, 6.45) is 6.76. The van der Waals surface area contributed by atoms with Crippen molar-refractivity contribution in [2.24, 2.45) is 13.0 Å². The molecular weight excluding hydrogens is 556 g/mol. The molecule has 0 unspecified atom stereocenters. The molecule has 0 spiro atoms. The number of amides is 1. The van der Waals surface area contributed by atoms with Crippen molar-refractivity contribution in [2.75, 3.05) is 4.90 Å². The topological polar surface area (TPSA) is 84.3 Å². The van der Waals surface area contributed by atoms with Crippen LogP contribution in [0, 0.1) is 12.8 Å². The molecule has 0 aliphatic heterocycles. The van der Waals surface area contributed by atoms with E-state index in [1.165, 1.54) is 0 Å². The average Bonchev–Trinajstić information content (AvgIpc) is 3.65. The fourth-order valence-electron chi connectivity index (χ4n) is 5.89. The highest BCUT2D eigenvalue weighted by Crippen LogP contribution is 2.51. The van der Waals surface area contributed by atoms with Crippen LogP contribution >= 0.6 is 11.6 Å². The summed E-state index contributed by atoms with van der Waals surface area (Å²) < 4.78 is 31.5. The molecule has 0 saturated heterocycles. The van der Waals surface area contributed by atoms with Gasteiger partial charge in [0.25, 0.3) is 0 Å². The fraction of sp³-hybridized carbons (Fsp3) is 0.312. The van der Waals surface area contributed by atoms with E-state index in [4.69, 9.17) is 11.6 Å². The molecule has 2 aliphatic carbocycles. The van der Waals surface area contributed by atoms with E-state index in [-0.39, 0.29) is 28.7 Å². The molecule has 41 heavy (non-hydrogen) atoms. The standard InChI is InChI=1S/C32H33ClN4O3S/c1-21-7-5-9-24(17-21)41(39,40)35-30-12-6-8-22-13-14-23(18-26(22)30)37(20-31-34-15-16-36(31)2)32(38)28-19-27(28)25-10-3-4-11-29(25)33/h3-5,7,9-11,13-18,27-28,30,35H,6,8,12,19-20H2,1-2H3/t27-,28-,30-/m0/s1. The highest BCUT2D eigenvalue weighted by atomic mass is 35.5. The van der Waals surface area contributed by atoms with Gasteiger partial charge in [-0.1, -0.05) is 48.0 Å². The number of carbonyl (C=O) groups is 1. The third-order valence-corrected chi connectivity index (χ3v) is 10.1. The van der Waals surface area contributed by atoms with E-state index in [1.54, 1.807) is 29.3 Å². The Hall–Kier alpha value is -3.46. The number of rotatable bonds is 8. The summed E-state index contributed by atoms with van der Waals surface area (Å²) in [5.74, 6) is 0.682. The molecule has 1 aromatic heterocycles. The maximum absolute atomic E-state index is 14.1. The molecule has 4 aromatic rings. The molecular formula is C32H33ClN4O3S. The van der Waals surface area contributed by atoms with E-state index in [1.807, 2.05) is 73.3 Å². The number of anilines is 1. The van der Waals surface area contributed by atoms with Crippen LogP contribution < -0.4 is 9.62 Å². The summed E-state index contributed by atoms with van der Waals surface area (Å²) >= 11 is 6.47. The number of aromatic nitrogens is 2. The molecule has 212 valence electrons. The Morgan fingerprint density at radius 2 is 1.93 bits per heavy atom. The first-order valence-electron chi connectivity index (χ1n) is 13.9. The van der Waals surface area contributed by atoms with Gasteiger partial charge in [0.2, 0.25) is 15.9 Å². The number of nitrogens with one attached hydrogen (secondary N) is 1. The number of sulfonamides is 1. The molecule has 1 amide bonds. The first kappa shape index (κ1) is 27.7. The van der Waals surface area contributed by atoms with E-state index in [0.29, 0.717) is 18.0 Å². The van der Waals surface area contributed by atoms with E-state index >= 15 is 0 Å². The Labute approximate surface area is 246 Å². The number of carbonyl (C=O) groups excluding carboxylic acids is 1. The molecule has 3 atom stereocenters. The minimum Gasteiger partial charge on any atom is -0.337 e. The van der Waals surface area contributed by atoms with Crippen LogP contribution in [-0.4, -0.2) is 23.9 Å². The monoisotopic (exact) mass is 588 g/mol. The summed E-state index contributed by atoms with van der Waals surface area (Å²) in [6, 6.07) is 20.3. The van der Waals surface area contributed by atoms with Crippen molar-refractivity contribution in [3.63, 3.8) is 0 Å². The predicted molar refractivity (Wildman–Crippen MR) is 160 cm³/mol. The van der Waals surface area contributed by atoms with Crippen LogP contribution in [0.15, 0.2) is 84.0 Å². The molecule has 1 fully saturated rings. The van der Waals surface area contributed by atoms with Crippen molar-refractivity contribution in [3.05, 3.63) is 112 Å². The largest absolute Gasteiger partial charge is 0.337 e. The third-order valence-electron chi connectivity index (χ3n) is 8.25. The molecule has 6 rings (SSSR count). The van der Waals surface area contributed by atoms with Gasteiger partial charge in [0.15, 0.2) is 0 Å². The zero-order valence-corrected chi connectivity index (χ0v) is 24.7. The predicted octanol–water partition coefficient (Wildman–Crippen LogP) is 6.07. The number of halogens is 1. The van der Waals surface area contributed by atoms with Gasteiger partial charge in [-0.05, 0) is 91.1 Å². The van der Waals surface area contributed by atoms with Crippen LogP contribution in [0.25, 0.3) is 0 Å². The minimum atomic E-state index is -3.72. The number of hydrogen-bond acceptors (Lipinski definition) is 4. The second kappa shape index (κ2) is 11.1. The Balaban J connectivity index is 1.32. The molecule has 2 aliphatic rings. The first-order valence-corrected chi connectivity index (χ1v) is 15.8. The molecule has 1 heterocycles. The lowest BCUT2D eigenvalue weighted by Crippen LogP contribution is -2.34. The van der Waals surface area contributed by atoms with Gasteiger partial charge in [0.05, 0.1) is 11.4 Å². The van der Waals surface area contributed by atoms with E-state index < -0.39 is 10.0 Å². The smallest absolute Gasteiger partial charge is 0.241 e. The van der Waals surface area contributed by atoms with Gasteiger partial charge >= 0.3 is 0 Å². The highest BCUT2D eigenvalue weighted by molar-refractivity contribution is 7.89. The van der Waals surface area contributed by atoms with Gasteiger partial charge in [-0.3, -0.25) is 4.79 Å². The lowest BCUT2D eigenvalue weighted by molar-refractivity contribution is -0.120. The molecule has 0 radical (unpaired) electrons. The molecule has 1 saturated carbocycles. The van der Waals surface area contributed by atoms with Crippen molar-refractivity contribution in [3.8, 4) is 0 Å². The van der Waals surface area contributed by atoms with Gasteiger partial charge in [0.1, 0.15) is 5.82 Å². The van der Waals surface area contributed by atoms with Crippen molar-refractivity contribution < 1.29 is 13.2 Å². The van der Waals surface area contributed by atoms with Crippen LogP contribution in [0.4, 0.5) is 5.69 Å². The van der Waals surface area contributed by atoms with E-state index in [2.05, 4.69) is 9.71 Å². The SMILES string of the molecule is Cc1cccc(S(=O)(=O)N[C@H]2CCCc3ccc(N(Cc4nccn4C)C(=O)[C@H]4C[C@H]4c4ccccc4Cl)cc32)c1. The summed E-state index contributed by atoms with van der Waals surface area (Å²) in [5.41, 5.74) is 4.64. The fourth-order valence-corrected chi connectivity index (χ4v) is 7.52. The Kier molecular flexibility index (Phi) is 7.49. The van der Waals surface area contributed by atoms with Gasteiger partial charge in [-0.25, -0.2) is 18.1 Å². The Morgan fingerprint density at radius 3 is 2.68 bits per heavy atom. The van der Waals surface area contributed by atoms with Crippen molar-refractivity contribution in [1.82, 2.24) is 14.3 Å². The third kappa shape index (κ3) is 5.69. The molecule has 7 nitrogen and oxygen atoms in total. The van der Waals surface area contributed by atoms with E-state index in [9.17, 15) is 13.2 Å². The second-order valence-corrected chi connectivity index (χ2v) is 13.2. The first-order chi connectivity index (χ1) is 19.7. The van der Waals surface area contributed by atoms with Gasteiger partial charge in [0, 0.05) is 42.1 Å². The minimum absolute atomic E-state index is 0.0190. The molecule has 0 bridgehead atoms. The summed E-state index contributed by atoms with van der Waals surface area (Å²) in [5, 5.41) is 0.681. The van der Waals surface area contributed by atoms with Crippen LogP contribution in [0.3, 0.4) is 0 Å². The van der Waals surface area contributed by atoms with Crippen molar-refractivity contribution >= 4 is 33.2 Å². The zero-order valence-electron chi connectivity index (χ0n) is 23.1. The lowest BCUT2D eigenvalue weighted by Gasteiger charge is -2.29. The Bertz CT molecular complexity index is 1720. The van der Waals surface area contributed by atoms with Crippen molar-refractivity contribution in [2.45, 2.75) is 56.0 Å². The van der Waals surface area contributed by atoms with Crippen LogP contribution in [0.1, 0.15) is 59.3 Å². The Morgan fingerprint density at radius 1 is 1.10 bits per heavy atom. The maximum Gasteiger partial charge on any atom is 0.241 e. The summed E-state index contributed by atoms with van der Waals surface area (Å²) in [4.78, 5) is 20.6. The highest BCUT2D eigenvalue weighted by Gasteiger charge is 2.47. The summed E-state index contributed by atoms with van der Waals surface area (Å²) in [7, 11) is -1.81. The molecule has 3 aromatic carbocycles. The molecule has 1 N–H and O–H groups in total. The average molecular weight is 589 g/mol. The van der Waals surface area contributed by atoms with Gasteiger partial charge in [-0.15, -0.1) is 0 Å². The van der Waals surface area contributed by atoms with Crippen LogP contribution in [0.2, 0.25) is 5.02 Å². The van der Waals surface area contributed by atoms with Crippen molar-refractivity contribution in [1.29, 1.82) is 0 Å². The van der Waals surface area contributed by atoms with Crippen LogP contribution in [-0.2, 0) is 34.8 Å². The summed E-state index contributed by atoms with van der Waals surface area (Å²) in [6.45, 7) is 2.19. The van der Waals surface area contributed by atoms with Gasteiger partial charge in [-0.2, -0.15) is 0 Å². The molecule has 9 heteroatoms. The normalized spacial score (nSPS) is 19.9. The van der Waals surface area contributed by atoms with Crippen LogP contribution in [0.5, 0.6) is 0 Å². The van der Waals surface area contributed by atoms with E-state index in [0.717, 1.165) is 53.0 Å². The lowest BCUT2D eigenvalue weighted by atomic mass is 9.87. The number of imidazole rings is 1. The second-order valence-electron chi connectivity index (χ2n) is 11.1. The quantitative estimate of drug-likeness (QED) is 0.271. The number of fused-ring (bicyclic) bond motifs is 1. The number of aryl methyl sites for hydroxylation is 3. The number of nitrogens with zero attached hydrogens (tertiary/aromatic N) is 3. The zero-order chi connectivity index (χ0) is 28.7. The number of benzene rings is 3. The maximum atomic E-state index is 14.1.